The molecule has 0 aromatic heterocycles. The molecule has 2 rings (SSSR count). The normalized spacial score (nSPS) is 24.6. The summed E-state index contributed by atoms with van der Waals surface area (Å²) in [5.41, 5.74) is 0. The maximum absolute atomic E-state index is 12.3. The van der Waals surface area contributed by atoms with Crippen LogP contribution in [0.1, 0.15) is 26.7 Å². The van der Waals surface area contributed by atoms with Crippen molar-refractivity contribution in [2.75, 3.05) is 20.0 Å². The van der Waals surface area contributed by atoms with E-state index in [1.165, 1.54) is 0 Å². The zero-order chi connectivity index (χ0) is 21.2. The van der Waals surface area contributed by atoms with Crippen LogP contribution in [0.15, 0.2) is 0 Å². The molecule has 2 aliphatic rings. The number of carbonyl (C=O) groups is 6. The summed E-state index contributed by atoms with van der Waals surface area (Å²) >= 11 is 0.768. The number of hydrogen-bond acceptors (Lipinski definition) is 9. The van der Waals surface area contributed by atoms with Gasteiger partial charge >= 0.3 is 11.9 Å². The largest absolute Gasteiger partial charge is 0.467 e. The minimum atomic E-state index is -1.33. The first-order chi connectivity index (χ1) is 13.1. The highest BCUT2D eigenvalue weighted by atomic mass is 32.2. The Morgan fingerprint density at radius 1 is 0.929 bits per heavy atom. The quantitative estimate of drug-likeness (QED) is 0.402. The van der Waals surface area contributed by atoms with Gasteiger partial charge in [-0.3, -0.25) is 29.0 Å². The van der Waals surface area contributed by atoms with Crippen molar-refractivity contribution in [2.45, 2.75) is 38.1 Å². The first-order valence-corrected chi connectivity index (χ1v) is 9.67. The van der Waals surface area contributed by atoms with Crippen LogP contribution in [-0.2, 0) is 38.2 Å². The highest BCUT2D eigenvalue weighted by molar-refractivity contribution is 8.00. The van der Waals surface area contributed by atoms with E-state index >= 15 is 0 Å². The number of imide groups is 2. The summed E-state index contributed by atoms with van der Waals surface area (Å²) in [4.78, 5) is 75.0. The molecule has 0 saturated carbocycles. The number of thioether (sulfide) groups is 1. The van der Waals surface area contributed by atoms with E-state index in [2.05, 4.69) is 0 Å². The summed E-state index contributed by atoms with van der Waals surface area (Å²) in [6, 6.07) is -1.28. The number of nitrogens with zero attached hydrogens (tertiary/aromatic N) is 2. The van der Waals surface area contributed by atoms with E-state index in [9.17, 15) is 28.8 Å². The van der Waals surface area contributed by atoms with Crippen LogP contribution in [0.4, 0.5) is 0 Å². The number of ether oxygens (including phenoxy) is 2. The fraction of sp³-hybridized carbons (Fsp3) is 0.647. The molecule has 0 bridgehead atoms. The molecule has 2 heterocycles. The van der Waals surface area contributed by atoms with Gasteiger partial charge in [0.15, 0.2) is 5.37 Å². The van der Waals surface area contributed by atoms with Crippen LogP contribution >= 0.6 is 11.8 Å². The maximum Gasteiger partial charge on any atom is 0.339 e. The second-order valence-corrected chi connectivity index (χ2v) is 7.78. The van der Waals surface area contributed by atoms with Gasteiger partial charge in [0.25, 0.3) is 0 Å². The van der Waals surface area contributed by atoms with Crippen LogP contribution < -0.4 is 0 Å². The lowest BCUT2D eigenvalue weighted by Gasteiger charge is -2.28. The van der Waals surface area contributed by atoms with Crippen LogP contribution in [0.3, 0.4) is 0 Å². The van der Waals surface area contributed by atoms with Crippen LogP contribution in [0.2, 0.25) is 0 Å². The Hall–Kier alpha value is -2.43. The Bertz CT molecular complexity index is 664. The molecule has 11 heteroatoms. The van der Waals surface area contributed by atoms with Crippen LogP contribution in [0, 0.1) is 11.8 Å². The number of methoxy groups -OCH3 is 2. The molecule has 4 unspecified atom stereocenters. The molecular formula is C17H22N2O8S. The minimum absolute atomic E-state index is 0.0297. The molecule has 4 amide bonds. The summed E-state index contributed by atoms with van der Waals surface area (Å²) in [6.07, 6.45) is -0.0635. The van der Waals surface area contributed by atoms with Crippen molar-refractivity contribution >= 4 is 47.3 Å². The summed E-state index contributed by atoms with van der Waals surface area (Å²) in [5, 5.41) is -1.33. The van der Waals surface area contributed by atoms with Gasteiger partial charge in [0, 0.05) is 30.4 Å². The Balaban J connectivity index is 2.25. The zero-order valence-corrected chi connectivity index (χ0v) is 16.8. The molecule has 2 aliphatic heterocycles. The Kier molecular flexibility index (Phi) is 6.81. The summed E-state index contributed by atoms with van der Waals surface area (Å²) in [5.74, 6) is -5.15. The predicted molar refractivity (Wildman–Crippen MR) is 95.3 cm³/mol. The topological polar surface area (TPSA) is 127 Å². The molecular weight excluding hydrogens is 392 g/mol. The van der Waals surface area contributed by atoms with E-state index in [0.29, 0.717) is 0 Å². The molecule has 28 heavy (non-hydrogen) atoms. The van der Waals surface area contributed by atoms with Crippen molar-refractivity contribution in [3.05, 3.63) is 0 Å². The van der Waals surface area contributed by atoms with Crippen molar-refractivity contribution in [1.82, 2.24) is 9.80 Å². The smallest absolute Gasteiger partial charge is 0.339 e. The van der Waals surface area contributed by atoms with Crippen LogP contribution in [0.25, 0.3) is 0 Å². The van der Waals surface area contributed by atoms with Gasteiger partial charge in [0.2, 0.25) is 23.6 Å². The fourth-order valence-electron chi connectivity index (χ4n) is 3.10. The molecule has 4 atom stereocenters. The van der Waals surface area contributed by atoms with E-state index in [1.54, 1.807) is 13.8 Å². The Morgan fingerprint density at radius 2 is 1.39 bits per heavy atom. The van der Waals surface area contributed by atoms with Crippen LogP contribution in [0.5, 0.6) is 0 Å². The summed E-state index contributed by atoms with van der Waals surface area (Å²) in [7, 11) is 2.22. The summed E-state index contributed by atoms with van der Waals surface area (Å²) < 4.78 is 9.39. The lowest BCUT2D eigenvalue weighted by Crippen LogP contribution is -2.49. The number of carbonyl (C=O) groups excluding carboxylic acids is 6. The molecule has 0 aromatic carbocycles. The van der Waals surface area contributed by atoms with Gasteiger partial charge in [0.05, 0.1) is 14.2 Å². The second-order valence-electron chi connectivity index (χ2n) is 6.66. The lowest BCUT2D eigenvalue weighted by atomic mass is 10.1. The zero-order valence-electron chi connectivity index (χ0n) is 16.0. The first kappa shape index (κ1) is 21.9. The number of rotatable bonds is 7. The number of likely N-dealkylation sites (tertiary alicyclic amines) is 2. The van der Waals surface area contributed by atoms with Crippen molar-refractivity contribution in [3.8, 4) is 0 Å². The molecule has 2 fully saturated rings. The third-order valence-corrected chi connectivity index (χ3v) is 5.88. The van der Waals surface area contributed by atoms with E-state index < -0.39 is 58.8 Å². The van der Waals surface area contributed by atoms with E-state index in [4.69, 9.17) is 9.47 Å². The third kappa shape index (κ3) is 4.03. The average Bonchev–Trinajstić information content (AvgIpc) is 3.05. The highest BCUT2D eigenvalue weighted by Crippen LogP contribution is 2.30. The van der Waals surface area contributed by atoms with Gasteiger partial charge in [0.1, 0.15) is 6.04 Å². The van der Waals surface area contributed by atoms with Crippen molar-refractivity contribution in [2.24, 2.45) is 11.8 Å². The number of hydrogen-bond donors (Lipinski definition) is 0. The highest BCUT2D eigenvalue weighted by Gasteiger charge is 2.47. The van der Waals surface area contributed by atoms with E-state index in [0.717, 1.165) is 35.8 Å². The maximum atomic E-state index is 12.3. The molecule has 0 radical (unpaired) electrons. The van der Waals surface area contributed by atoms with Gasteiger partial charge in [-0.1, -0.05) is 13.8 Å². The monoisotopic (exact) mass is 414 g/mol. The van der Waals surface area contributed by atoms with Gasteiger partial charge < -0.3 is 9.47 Å². The Labute approximate surface area is 165 Å². The SMILES string of the molecule is COC(=O)C(CSC(C(=O)OC)N1C(=O)CC(C)C1=O)N1C(=O)CC(C)C1=O. The molecule has 0 aromatic rings. The van der Waals surface area contributed by atoms with Gasteiger partial charge in [-0.05, 0) is 0 Å². The molecule has 2 saturated heterocycles. The number of esters is 2. The van der Waals surface area contributed by atoms with Gasteiger partial charge in [-0.25, -0.2) is 9.59 Å². The minimum Gasteiger partial charge on any atom is -0.467 e. The van der Waals surface area contributed by atoms with Crippen molar-refractivity contribution < 1.29 is 38.2 Å². The molecule has 154 valence electrons. The lowest BCUT2D eigenvalue weighted by molar-refractivity contribution is -0.155. The third-order valence-electron chi connectivity index (χ3n) is 4.65. The van der Waals surface area contributed by atoms with Crippen molar-refractivity contribution in [1.29, 1.82) is 0 Å². The predicted octanol–water partition coefficient (Wildman–Crippen LogP) is -0.450. The first-order valence-electron chi connectivity index (χ1n) is 8.63. The molecule has 10 nitrogen and oxygen atoms in total. The van der Waals surface area contributed by atoms with Crippen LogP contribution in [-0.4, -0.2) is 76.8 Å². The second kappa shape index (κ2) is 8.72. The molecule has 0 spiro atoms. The molecule has 0 N–H and O–H groups in total. The van der Waals surface area contributed by atoms with E-state index in [-0.39, 0.29) is 18.6 Å². The summed E-state index contributed by atoms with van der Waals surface area (Å²) in [6.45, 7) is 3.14. The Morgan fingerprint density at radius 3 is 1.79 bits per heavy atom. The fourth-order valence-corrected chi connectivity index (χ4v) is 4.36. The standard InChI is InChI=1S/C17H22N2O8S/c1-8-5-11(20)18(13(8)22)10(16(24)26-3)7-28-15(17(25)27-4)19-12(21)6-9(2)14(19)23/h8-10,15H,5-7H2,1-4H3. The van der Waals surface area contributed by atoms with Gasteiger partial charge in [-0.15, -0.1) is 11.8 Å². The van der Waals surface area contributed by atoms with Crippen molar-refractivity contribution in [3.63, 3.8) is 0 Å². The van der Waals surface area contributed by atoms with E-state index in [1.807, 2.05) is 0 Å². The molecule has 0 aliphatic carbocycles. The average molecular weight is 414 g/mol. The van der Waals surface area contributed by atoms with Gasteiger partial charge in [-0.2, -0.15) is 0 Å². The number of amides is 4.